The lowest BCUT2D eigenvalue weighted by molar-refractivity contribution is -0.123. The van der Waals surface area contributed by atoms with Gasteiger partial charge in [0.05, 0.1) is 11.6 Å². The molecule has 2 aromatic carbocycles. The van der Waals surface area contributed by atoms with E-state index in [4.69, 9.17) is 20.9 Å². The van der Waals surface area contributed by atoms with Crippen LogP contribution >= 0.6 is 11.6 Å². The van der Waals surface area contributed by atoms with Crippen molar-refractivity contribution < 1.29 is 14.1 Å². The molecule has 7 heteroatoms. The van der Waals surface area contributed by atoms with Crippen molar-refractivity contribution in [2.45, 2.75) is 32.2 Å². The van der Waals surface area contributed by atoms with Crippen molar-refractivity contribution in [3.05, 3.63) is 64.5 Å². The third-order valence-corrected chi connectivity index (χ3v) is 5.04. The summed E-state index contributed by atoms with van der Waals surface area (Å²) in [6.45, 7) is 0.0636. The van der Waals surface area contributed by atoms with Crippen molar-refractivity contribution in [1.29, 1.82) is 0 Å². The summed E-state index contributed by atoms with van der Waals surface area (Å²) < 4.78 is 10.8. The summed E-state index contributed by atoms with van der Waals surface area (Å²) in [4.78, 5) is 16.3. The molecule has 0 saturated carbocycles. The maximum absolute atomic E-state index is 12.1. The molecule has 0 saturated heterocycles. The lowest BCUT2D eigenvalue weighted by Gasteiger charge is -2.16. The number of aromatic nitrogens is 2. The Kier molecular flexibility index (Phi) is 5.58. The number of benzene rings is 2. The van der Waals surface area contributed by atoms with Gasteiger partial charge in [0.1, 0.15) is 5.75 Å². The number of nitrogens with one attached hydrogen (secondary N) is 1. The fourth-order valence-electron chi connectivity index (χ4n) is 3.25. The second-order valence-corrected chi connectivity index (χ2v) is 7.10. The van der Waals surface area contributed by atoms with Crippen LogP contribution in [-0.2, 0) is 24.2 Å². The number of amides is 1. The number of nitrogens with zero attached hydrogens (tertiary/aromatic N) is 2. The van der Waals surface area contributed by atoms with Gasteiger partial charge < -0.3 is 14.6 Å². The number of aryl methyl sites for hydroxylation is 2. The van der Waals surface area contributed by atoms with Crippen LogP contribution in [0.15, 0.2) is 47.0 Å². The van der Waals surface area contributed by atoms with Crippen LogP contribution in [0.2, 0.25) is 5.02 Å². The van der Waals surface area contributed by atoms with Gasteiger partial charge in [0.2, 0.25) is 11.7 Å². The molecule has 1 amide bonds. The Morgan fingerprint density at radius 1 is 1.14 bits per heavy atom. The molecule has 0 spiro atoms. The number of rotatable bonds is 6. The second kappa shape index (κ2) is 8.44. The molecule has 1 heterocycles. The minimum absolute atomic E-state index is 0.0652. The largest absolute Gasteiger partial charge is 0.484 e. The normalized spacial score (nSPS) is 13.0. The van der Waals surface area contributed by atoms with E-state index >= 15 is 0 Å². The number of ether oxygens (including phenoxy) is 1. The van der Waals surface area contributed by atoms with Crippen molar-refractivity contribution in [3.8, 4) is 17.1 Å². The summed E-state index contributed by atoms with van der Waals surface area (Å²) in [6, 6.07) is 13.3. The number of fused-ring (bicyclic) bond motifs is 1. The first-order valence-electron chi connectivity index (χ1n) is 9.28. The maximum atomic E-state index is 12.1. The average Bonchev–Trinajstić information content (AvgIpc) is 3.19. The van der Waals surface area contributed by atoms with E-state index in [-0.39, 0.29) is 19.1 Å². The highest BCUT2D eigenvalue weighted by molar-refractivity contribution is 6.33. The molecule has 144 valence electrons. The van der Waals surface area contributed by atoms with Gasteiger partial charge in [-0.05, 0) is 61.1 Å². The van der Waals surface area contributed by atoms with Crippen molar-refractivity contribution >= 4 is 17.5 Å². The molecule has 3 aromatic rings. The van der Waals surface area contributed by atoms with E-state index in [1.807, 2.05) is 30.3 Å². The topological polar surface area (TPSA) is 77.2 Å². The third-order valence-electron chi connectivity index (χ3n) is 4.71. The molecule has 0 radical (unpaired) electrons. The zero-order valence-electron chi connectivity index (χ0n) is 15.3. The quantitative estimate of drug-likeness (QED) is 0.681. The fraction of sp³-hybridized carbons (Fsp3) is 0.286. The van der Waals surface area contributed by atoms with Crippen LogP contribution in [0.3, 0.4) is 0 Å². The predicted octanol–water partition coefficient (Wildman–Crippen LogP) is 3.96. The minimum atomic E-state index is -0.254. The second-order valence-electron chi connectivity index (χ2n) is 6.69. The number of carbonyl (C=O) groups is 1. The first-order chi connectivity index (χ1) is 13.7. The van der Waals surface area contributed by atoms with Crippen LogP contribution in [0.25, 0.3) is 11.4 Å². The molecule has 0 aliphatic heterocycles. The lowest BCUT2D eigenvalue weighted by atomic mass is 9.92. The number of hydrogen-bond donors (Lipinski definition) is 1. The maximum Gasteiger partial charge on any atom is 0.258 e. The number of hydrogen-bond acceptors (Lipinski definition) is 5. The highest BCUT2D eigenvalue weighted by Crippen LogP contribution is 2.26. The lowest BCUT2D eigenvalue weighted by Crippen LogP contribution is -2.28. The molecule has 28 heavy (non-hydrogen) atoms. The Morgan fingerprint density at radius 2 is 1.96 bits per heavy atom. The van der Waals surface area contributed by atoms with Crippen LogP contribution in [-0.4, -0.2) is 22.7 Å². The summed E-state index contributed by atoms with van der Waals surface area (Å²) in [5, 5.41) is 7.16. The summed E-state index contributed by atoms with van der Waals surface area (Å²) in [7, 11) is 0. The first-order valence-corrected chi connectivity index (χ1v) is 9.65. The van der Waals surface area contributed by atoms with E-state index in [2.05, 4.69) is 21.5 Å². The van der Waals surface area contributed by atoms with Gasteiger partial charge >= 0.3 is 0 Å². The molecular formula is C21H20ClN3O3. The summed E-state index contributed by atoms with van der Waals surface area (Å²) in [6.07, 6.45) is 4.64. The standard InChI is InChI=1S/C21H20ClN3O3/c22-18-8-4-3-7-17(18)21-24-20(28-25-21)12-23-19(26)13-27-16-10-9-14-5-1-2-6-15(14)11-16/h3-4,7-11H,1-2,5-6,12-13H2,(H,23,26). The third kappa shape index (κ3) is 4.34. The van der Waals surface area contributed by atoms with E-state index in [9.17, 15) is 4.79 Å². The Labute approximate surface area is 167 Å². The minimum Gasteiger partial charge on any atom is -0.484 e. The van der Waals surface area contributed by atoms with Crippen molar-refractivity contribution in [2.75, 3.05) is 6.61 Å². The van der Waals surface area contributed by atoms with Gasteiger partial charge in [-0.25, -0.2) is 0 Å². The number of carbonyl (C=O) groups excluding carboxylic acids is 1. The van der Waals surface area contributed by atoms with Crippen molar-refractivity contribution in [1.82, 2.24) is 15.5 Å². The summed E-state index contributed by atoms with van der Waals surface area (Å²) in [5.74, 6) is 1.15. The van der Waals surface area contributed by atoms with Gasteiger partial charge in [-0.15, -0.1) is 0 Å². The molecule has 0 bridgehead atoms. The molecule has 0 atom stereocenters. The highest BCUT2D eigenvalue weighted by atomic mass is 35.5. The summed E-state index contributed by atoms with van der Waals surface area (Å²) >= 11 is 6.13. The van der Waals surface area contributed by atoms with Crippen molar-refractivity contribution in [3.63, 3.8) is 0 Å². The zero-order valence-corrected chi connectivity index (χ0v) is 16.0. The zero-order chi connectivity index (χ0) is 19.3. The van der Waals surface area contributed by atoms with Gasteiger partial charge in [0.15, 0.2) is 6.61 Å². The van der Waals surface area contributed by atoms with E-state index in [1.54, 1.807) is 6.07 Å². The van der Waals surface area contributed by atoms with Gasteiger partial charge in [-0.2, -0.15) is 4.98 Å². The first kappa shape index (κ1) is 18.5. The van der Waals surface area contributed by atoms with Crippen LogP contribution < -0.4 is 10.1 Å². The molecule has 1 aliphatic carbocycles. The molecule has 0 unspecified atom stereocenters. The molecule has 1 aromatic heterocycles. The van der Waals surface area contributed by atoms with E-state index in [1.165, 1.54) is 24.0 Å². The van der Waals surface area contributed by atoms with Crippen molar-refractivity contribution in [2.24, 2.45) is 0 Å². The smallest absolute Gasteiger partial charge is 0.258 e. The SMILES string of the molecule is O=C(COc1ccc2c(c1)CCCC2)NCc1nc(-c2ccccc2Cl)no1. The highest BCUT2D eigenvalue weighted by Gasteiger charge is 2.13. The summed E-state index contributed by atoms with van der Waals surface area (Å²) in [5.41, 5.74) is 3.39. The van der Waals surface area contributed by atoms with Gasteiger partial charge in [0, 0.05) is 5.56 Å². The van der Waals surface area contributed by atoms with E-state index < -0.39 is 0 Å². The molecular weight excluding hydrogens is 378 g/mol. The van der Waals surface area contributed by atoms with Crippen LogP contribution in [0.5, 0.6) is 5.75 Å². The van der Waals surface area contributed by atoms with E-state index in [0.29, 0.717) is 22.3 Å². The van der Waals surface area contributed by atoms with Crippen LogP contribution in [0, 0.1) is 0 Å². The molecule has 1 aliphatic rings. The molecule has 1 N–H and O–H groups in total. The predicted molar refractivity (Wildman–Crippen MR) is 105 cm³/mol. The van der Waals surface area contributed by atoms with Crippen LogP contribution in [0.1, 0.15) is 29.9 Å². The molecule has 6 nitrogen and oxygen atoms in total. The van der Waals surface area contributed by atoms with Gasteiger partial charge in [0.25, 0.3) is 5.91 Å². The van der Waals surface area contributed by atoms with Gasteiger partial charge in [-0.1, -0.05) is 35.0 Å². The molecule has 0 fully saturated rings. The average molecular weight is 398 g/mol. The Bertz CT molecular complexity index is 987. The number of halogens is 1. The fourth-order valence-corrected chi connectivity index (χ4v) is 3.47. The monoisotopic (exact) mass is 397 g/mol. The Morgan fingerprint density at radius 3 is 2.82 bits per heavy atom. The van der Waals surface area contributed by atoms with Gasteiger partial charge in [-0.3, -0.25) is 4.79 Å². The molecule has 4 rings (SSSR count). The van der Waals surface area contributed by atoms with Crippen LogP contribution in [0.4, 0.5) is 0 Å². The Hall–Kier alpha value is -2.86. The van der Waals surface area contributed by atoms with E-state index in [0.717, 1.165) is 18.6 Å². The Balaban J connectivity index is 1.29.